The van der Waals surface area contributed by atoms with E-state index < -0.39 is 0 Å². The summed E-state index contributed by atoms with van der Waals surface area (Å²) in [6.45, 7) is 1.98. The van der Waals surface area contributed by atoms with Crippen LogP contribution in [-0.4, -0.2) is 23.3 Å². The van der Waals surface area contributed by atoms with E-state index in [2.05, 4.69) is 5.32 Å². The number of hydrogen-bond donors (Lipinski definition) is 1. The van der Waals surface area contributed by atoms with E-state index in [1.165, 1.54) is 0 Å². The molecule has 0 aromatic heterocycles. The quantitative estimate of drug-likeness (QED) is 0.923. The van der Waals surface area contributed by atoms with E-state index in [1.807, 2.05) is 59.5 Å². The third-order valence-corrected chi connectivity index (χ3v) is 4.06. The van der Waals surface area contributed by atoms with Gasteiger partial charge in [0.05, 0.1) is 0 Å². The van der Waals surface area contributed by atoms with Crippen LogP contribution >= 0.6 is 0 Å². The number of carbonyl (C=O) groups excluding carboxylic acids is 2. The molecule has 118 valence electrons. The first-order valence-corrected chi connectivity index (χ1v) is 7.91. The molecule has 0 saturated carbocycles. The molecule has 0 aliphatic carbocycles. The summed E-state index contributed by atoms with van der Waals surface area (Å²) in [5.74, 6) is 0.132. The summed E-state index contributed by atoms with van der Waals surface area (Å²) in [6.07, 6.45) is 1.60. The minimum absolute atomic E-state index is 0.0855. The molecule has 2 aromatic carbocycles. The lowest BCUT2D eigenvalue weighted by molar-refractivity contribution is -0.128. The molecule has 1 N–H and O–H groups in total. The van der Waals surface area contributed by atoms with Gasteiger partial charge >= 0.3 is 0 Å². The van der Waals surface area contributed by atoms with Gasteiger partial charge in [0.15, 0.2) is 0 Å². The Bertz CT molecular complexity index is 680. The number of rotatable bonds is 5. The zero-order valence-electron chi connectivity index (χ0n) is 13.0. The second-order valence-corrected chi connectivity index (χ2v) is 5.78. The highest BCUT2D eigenvalue weighted by atomic mass is 16.2. The van der Waals surface area contributed by atoms with Gasteiger partial charge in [-0.2, -0.15) is 0 Å². The highest BCUT2D eigenvalue weighted by molar-refractivity contribution is 5.94. The Hall–Kier alpha value is -2.62. The fraction of sp³-hybridized carbons (Fsp3) is 0.263. The first kappa shape index (κ1) is 15.3. The summed E-state index contributed by atoms with van der Waals surface area (Å²) in [5.41, 5.74) is 2.77. The van der Waals surface area contributed by atoms with Crippen molar-refractivity contribution in [2.75, 3.05) is 6.54 Å². The summed E-state index contributed by atoms with van der Waals surface area (Å²) >= 11 is 0. The van der Waals surface area contributed by atoms with Crippen molar-refractivity contribution in [1.82, 2.24) is 10.2 Å². The summed E-state index contributed by atoms with van der Waals surface area (Å²) in [6, 6.07) is 17.3. The van der Waals surface area contributed by atoms with Gasteiger partial charge in [0.1, 0.15) is 0 Å². The third-order valence-electron chi connectivity index (χ3n) is 4.06. The maximum absolute atomic E-state index is 12.2. The first-order chi connectivity index (χ1) is 11.2. The smallest absolute Gasteiger partial charge is 0.251 e. The van der Waals surface area contributed by atoms with Gasteiger partial charge in [-0.3, -0.25) is 9.59 Å². The normalized spacial score (nSPS) is 14.1. The van der Waals surface area contributed by atoms with Crippen LogP contribution in [0.25, 0.3) is 0 Å². The number of carbonyl (C=O) groups is 2. The van der Waals surface area contributed by atoms with Gasteiger partial charge in [-0.1, -0.05) is 42.5 Å². The standard InChI is InChI=1S/C19H20N2O2/c22-18-7-4-12-21(18)14-16-8-10-17(11-9-16)19(23)20-13-15-5-2-1-3-6-15/h1-3,5-6,8-11H,4,7,12-14H2,(H,20,23). The number of likely N-dealkylation sites (tertiary alicyclic amines) is 1. The van der Waals surface area contributed by atoms with Crippen LogP contribution in [0.5, 0.6) is 0 Å². The van der Waals surface area contributed by atoms with Gasteiger partial charge in [0.2, 0.25) is 5.91 Å². The lowest BCUT2D eigenvalue weighted by Crippen LogP contribution is -2.24. The Labute approximate surface area is 136 Å². The highest BCUT2D eigenvalue weighted by Crippen LogP contribution is 2.14. The average Bonchev–Trinajstić information content (AvgIpc) is 2.99. The van der Waals surface area contributed by atoms with E-state index in [9.17, 15) is 9.59 Å². The summed E-state index contributed by atoms with van der Waals surface area (Å²) < 4.78 is 0. The molecule has 2 aromatic rings. The lowest BCUT2D eigenvalue weighted by atomic mass is 10.1. The lowest BCUT2D eigenvalue weighted by Gasteiger charge is -2.15. The molecule has 0 unspecified atom stereocenters. The molecular formula is C19H20N2O2. The molecule has 0 spiro atoms. The topological polar surface area (TPSA) is 49.4 Å². The van der Waals surface area contributed by atoms with Crippen LogP contribution in [0.1, 0.15) is 34.3 Å². The van der Waals surface area contributed by atoms with Gasteiger partial charge in [-0.15, -0.1) is 0 Å². The minimum atomic E-state index is -0.0855. The molecule has 1 heterocycles. The highest BCUT2D eigenvalue weighted by Gasteiger charge is 2.19. The Morgan fingerprint density at radius 1 is 1.00 bits per heavy atom. The molecule has 0 bridgehead atoms. The van der Waals surface area contributed by atoms with Crippen LogP contribution in [0.3, 0.4) is 0 Å². The largest absolute Gasteiger partial charge is 0.348 e. The second-order valence-electron chi connectivity index (χ2n) is 5.78. The van der Waals surface area contributed by atoms with E-state index in [4.69, 9.17) is 0 Å². The summed E-state index contributed by atoms with van der Waals surface area (Å²) in [5, 5.41) is 2.91. The minimum Gasteiger partial charge on any atom is -0.348 e. The van der Waals surface area contributed by atoms with E-state index in [-0.39, 0.29) is 11.8 Å². The van der Waals surface area contributed by atoms with E-state index in [0.717, 1.165) is 24.1 Å². The monoisotopic (exact) mass is 308 g/mol. The van der Waals surface area contributed by atoms with Crippen molar-refractivity contribution in [3.63, 3.8) is 0 Å². The molecule has 2 amide bonds. The molecule has 0 radical (unpaired) electrons. The Kier molecular flexibility index (Phi) is 4.71. The summed E-state index contributed by atoms with van der Waals surface area (Å²) in [7, 11) is 0. The predicted molar refractivity (Wildman–Crippen MR) is 88.7 cm³/mol. The van der Waals surface area contributed by atoms with Gasteiger partial charge in [0.25, 0.3) is 5.91 Å². The molecule has 1 aliphatic heterocycles. The number of nitrogens with zero attached hydrogens (tertiary/aromatic N) is 1. The number of amides is 2. The zero-order valence-corrected chi connectivity index (χ0v) is 13.0. The summed E-state index contributed by atoms with van der Waals surface area (Å²) in [4.78, 5) is 25.7. The molecule has 23 heavy (non-hydrogen) atoms. The van der Waals surface area contributed by atoms with E-state index in [1.54, 1.807) is 0 Å². The van der Waals surface area contributed by atoms with Crippen molar-refractivity contribution in [2.45, 2.75) is 25.9 Å². The molecule has 1 aliphatic rings. The number of hydrogen-bond acceptors (Lipinski definition) is 2. The molecule has 1 saturated heterocycles. The Balaban J connectivity index is 1.56. The fourth-order valence-corrected chi connectivity index (χ4v) is 2.73. The van der Waals surface area contributed by atoms with Gasteiger partial charge in [0, 0.05) is 31.6 Å². The molecule has 0 atom stereocenters. The maximum Gasteiger partial charge on any atom is 0.251 e. The fourth-order valence-electron chi connectivity index (χ4n) is 2.73. The third kappa shape index (κ3) is 3.97. The number of benzene rings is 2. The van der Waals surface area contributed by atoms with Crippen molar-refractivity contribution >= 4 is 11.8 Å². The molecule has 4 nitrogen and oxygen atoms in total. The van der Waals surface area contributed by atoms with Gasteiger partial charge < -0.3 is 10.2 Å². The van der Waals surface area contributed by atoms with Crippen molar-refractivity contribution in [1.29, 1.82) is 0 Å². The Morgan fingerprint density at radius 3 is 2.39 bits per heavy atom. The van der Waals surface area contributed by atoms with E-state index >= 15 is 0 Å². The predicted octanol–water partition coefficient (Wildman–Crippen LogP) is 2.74. The van der Waals surface area contributed by atoms with Crippen LogP contribution in [-0.2, 0) is 17.9 Å². The molecule has 4 heteroatoms. The van der Waals surface area contributed by atoms with Crippen LogP contribution < -0.4 is 5.32 Å². The van der Waals surface area contributed by atoms with Crippen LogP contribution in [0, 0.1) is 0 Å². The van der Waals surface area contributed by atoms with Crippen molar-refractivity contribution in [3.05, 3.63) is 71.3 Å². The first-order valence-electron chi connectivity index (χ1n) is 7.91. The van der Waals surface area contributed by atoms with Gasteiger partial charge in [-0.25, -0.2) is 0 Å². The van der Waals surface area contributed by atoms with Crippen molar-refractivity contribution < 1.29 is 9.59 Å². The van der Waals surface area contributed by atoms with Gasteiger partial charge in [-0.05, 0) is 29.7 Å². The maximum atomic E-state index is 12.2. The SMILES string of the molecule is O=C(NCc1ccccc1)c1ccc(CN2CCCC2=O)cc1. The molecular weight excluding hydrogens is 288 g/mol. The van der Waals surface area contributed by atoms with Crippen molar-refractivity contribution in [3.8, 4) is 0 Å². The van der Waals surface area contributed by atoms with Crippen LogP contribution in [0.2, 0.25) is 0 Å². The Morgan fingerprint density at radius 2 is 1.74 bits per heavy atom. The number of nitrogens with one attached hydrogen (secondary N) is 1. The second kappa shape index (κ2) is 7.09. The molecule has 3 rings (SSSR count). The average molecular weight is 308 g/mol. The van der Waals surface area contributed by atoms with Crippen molar-refractivity contribution in [2.24, 2.45) is 0 Å². The van der Waals surface area contributed by atoms with E-state index in [0.29, 0.717) is 25.1 Å². The van der Waals surface area contributed by atoms with Crippen LogP contribution in [0.15, 0.2) is 54.6 Å². The zero-order chi connectivity index (χ0) is 16.1. The van der Waals surface area contributed by atoms with Crippen LogP contribution in [0.4, 0.5) is 0 Å². The molecule has 1 fully saturated rings.